The van der Waals surface area contributed by atoms with Crippen molar-refractivity contribution in [2.75, 3.05) is 0 Å². The van der Waals surface area contributed by atoms with Gasteiger partial charge in [-0.2, -0.15) is 13.2 Å². The van der Waals surface area contributed by atoms with Crippen molar-refractivity contribution in [1.29, 1.82) is 0 Å². The van der Waals surface area contributed by atoms with E-state index < -0.39 is 11.9 Å². The number of ether oxygens (including phenoxy) is 1. The van der Waals surface area contributed by atoms with Crippen LogP contribution in [0.4, 0.5) is 13.2 Å². The summed E-state index contributed by atoms with van der Waals surface area (Å²) in [5.74, 6) is 0.454. The fraction of sp³-hybridized carbons (Fsp3) is 0.278. The molecule has 2 aromatic carbocycles. The molecule has 0 saturated heterocycles. The van der Waals surface area contributed by atoms with Crippen LogP contribution in [0.3, 0.4) is 0 Å². The molecule has 3 nitrogen and oxygen atoms in total. The highest BCUT2D eigenvalue weighted by atomic mass is 19.4. The van der Waals surface area contributed by atoms with Gasteiger partial charge in [-0.3, -0.25) is 0 Å². The second-order valence-corrected chi connectivity index (χ2v) is 5.43. The van der Waals surface area contributed by atoms with Crippen molar-refractivity contribution >= 4 is 5.71 Å². The normalized spacial score (nSPS) is 13.6. The van der Waals surface area contributed by atoms with E-state index in [1.165, 1.54) is 12.1 Å². The Morgan fingerprint density at radius 2 is 1.83 bits per heavy atom. The van der Waals surface area contributed by atoms with E-state index in [1.54, 1.807) is 36.4 Å². The molecular formula is C18H18F3NO2. The largest absolute Gasteiger partial charge is 0.457 e. The zero-order valence-electron chi connectivity index (χ0n) is 13.3. The van der Waals surface area contributed by atoms with Crippen molar-refractivity contribution in [3.63, 3.8) is 0 Å². The zero-order chi connectivity index (χ0) is 17.7. The third kappa shape index (κ3) is 4.07. The maximum Gasteiger partial charge on any atom is 0.437 e. The van der Waals surface area contributed by atoms with Crippen LogP contribution in [0.1, 0.15) is 37.3 Å². The van der Waals surface area contributed by atoms with Crippen LogP contribution in [0.2, 0.25) is 0 Å². The van der Waals surface area contributed by atoms with Crippen molar-refractivity contribution in [2.24, 2.45) is 5.16 Å². The second kappa shape index (κ2) is 7.38. The number of halogens is 3. The highest BCUT2D eigenvalue weighted by Gasteiger charge is 2.39. The lowest BCUT2D eigenvalue weighted by Crippen LogP contribution is -2.24. The standard InChI is InChI=1S/C18H18F3NO2/c1-3-12(2)13-9-10-16(24-14-7-5-4-6-8-14)15(11-13)17(22-23)18(19,20)21/h4-12,23H,3H2,1-2H3/b22-17-. The summed E-state index contributed by atoms with van der Waals surface area (Å²) < 4.78 is 45.1. The van der Waals surface area contributed by atoms with Crippen molar-refractivity contribution < 1.29 is 23.1 Å². The van der Waals surface area contributed by atoms with Crippen LogP contribution in [-0.2, 0) is 0 Å². The molecule has 0 aliphatic carbocycles. The number of para-hydroxylation sites is 1. The van der Waals surface area contributed by atoms with Gasteiger partial charge < -0.3 is 9.94 Å². The third-order valence-corrected chi connectivity index (χ3v) is 3.78. The Kier molecular flexibility index (Phi) is 5.49. The molecule has 0 saturated carbocycles. The maximum atomic E-state index is 13.2. The molecule has 0 spiro atoms. The Bertz CT molecular complexity index is 712. The van der Waals surface area contributed by atoms with Crippen LogP contribution in [0.25, 0.3) is 0 Å². The first-order valence-electron chi connectivity index (χ1n) is 7.53. The number of nitrogens with zero attached hydrogens (tertiary/aromatic N) is 1. The van der Waals surface area contributed by atoms with Gasteiger partial charge in [-0.1, -0.05) is 43.3 Å². The van der Waals surface area contributed by atoms with E-state index in [0.717, 1.165) is 12.0 Å². The van der Waals surface area contributed by atoms with Gasteiger partial charge in [0.2, 0.25) is 0 Å². The van der Waals surface area contributed by atoms with Gasteiger partial charge in [0, 0.05) is 0 Å². The SMILES string of the molecule is CCC(C)c1ccc(Oc2ccccc2)c(/C(=N/O)C(F)(F)F)c1. The number of alkyl halides is 3. The smallest absolute Gasteiger partial charge is 0.437 e. The zero-order valence-corrected chi connectivity index (χ0v) is 13.3. The Balaban J connectivity index is 2.53. The Labute approximate surface area is 138 Å². The van der Waals surface area contributed by atoms with Crippen LogP contribution >= 0.6 is 0 Å². The summed E-state index contributed by atoms with van der Waals surface area (Å²) in [5.41, 5.74) is -0.941. The molecule has 1 N–H and O–H groups in total. The van der Waals surface area contributed by atoms with Gasteiger partial charge in [0.1, 0.15) is 11.5 Å². The number of hydrogen-bond acceptors (Lipinski definition) is 3. The Morgan fingerprint density at radius 3 is 2.38 bits per heavy atom. The van der Waals surface area contributed by atoms with Crippen molar-refractivity contribution in [1.82, 2.24) is 0 Å². The maximum absolute atomic E-state index is 13.2. The molecule has 0 heterocycles. The molecule has 0 amide bonds. The summed E-state index contributed by atoms with van der Waals surface area (Å²) in [7, 11) is 0. The van der Waals surface area contributed by atoms with Crippen LogP contribution in [-0.4, -0.2) is 17.1 Å². The molecule has 1 unspecified atom stereocenters. The summed E-state index contributed by atoms with van der Waals surface area (Å²) in [6, 6.07) is 13.0. The monoisotopic (exact) mass is 337 g/mol. The van der Waals surface area contributed by atoms with Gasteiger partial charge in [0.15, 0.2) is 5.71 Å². The molecule has 0 aliphatic rings. The number of benzene rings is 2. The van der Waals surface area contributed by atoms with Crippen molar-refractivity contribution in [3.8, 4) is 11.5 Å². The Hall–Kier alpha value is -2.50. The first kappa shape index (κ1) is 17.8. The molecule has 24 heavy (non-hydrogen) atoms. The van der Waals surface area contributed by atoms with Gasteiger partial charge >= 0.3 is 6.18 Å². The lowest BCUT2D eigenvalue weighted by Gasteiger charge is -2.17. The summed E-state index contributed by atoms with van der Waals surface area (Å²) >= 11 is 0. The quantitative estimate of drug-likeness (QED) is 0.430. The van der Waals surface area contributed by atoms with Crippen LogP contribution in [0.15, 0.2) is 53.7 Å². The fourth-order valence-corrected chi connectivity index (χ4v) is 2.24. The van der Waals surface area contributed by atoms with Gasteiger partial charge in [-0.15, -0.1) is 0 Å². The van der Waals surface area contributed by atoms with E-state index in [0.29, 0.717) is 5.75 Å². The molecule has 0 radical (unpaired) electrons. The summed E-state index contributed by atoms with van der Waals surface area (Å²) in [6.45, 7) is 3.86. The molecule has 0 bridgehead atoms. The molecule has 2 rings (SSSR count). The number of hydrogen-bond donors (Lipinski definition) is 1. The van der Waals surface area contributed by atoms with E-state index >= 15 is 0 Å². The van der Waals surface area contributed by atoms with Gasteiger partial charge in [-0.25, -0.2) is 0 Å². The topological polar surface area (TPSA) is 41.8 Å². The summed E-state index contributed by atoms with van der Waals surface area (Å²) in [6.07, 6.45) is -4.02. The lowest BCUT2D eigenvalue weighted by molar-refractivity contribution is -0.0602. The molecule has 128 valence electrons. The minimum atomic E-state index is -4.79. The molecule has 0 fully saturated rings. The van der Waals surface area contributed by atoms with Gasteiger partial charge in [0.05, 0.1) is 5.56 Å². The van der Waals surface area contributed by atoms with Crippen LogP contribution in [0, 0.1) is 0 Å². The second-order valence-electron chi connectivity index (χ2n) is 5.43. The van der Waals surface area contributed by atoms with E-state index in [9.17, 15) is 13.2 Å². The lowest BCUT2D eigenvalue weighted by atomic mass is 9.95. The van der Waals surface area contributed by atoms with E-state index in [1.807, 2.05) is 13.8 Å². The molecule has 0 aromatic heterocycles. The van der Waals surface area contributed by atoms with Crippen LogP contribution in [0.5, 0.6) is 11.5 Å². The highest BCUT2D eigenvalue weighted by molar-refractivity contribution is 6.06. The number of rotatable bonds is 5. The Morgan fingerprint density at radius 1 is 1.17 bits per heavy atom. The minimum absolute atomic E-state index is 0.0154. The van der Waals surface area contributed by atoms with Crippen LogP contribution < -0.4 is 4.74 Å². The van der Waals surface area contributed by atoms with E-state index in [4.69, 9.17) is 9.94 Å². The molecule has 2 aromatic rings. The van der Waals surface area contributed by atoms with Gasteiger partial charge in [-0.05, 0) is 42.2 Å². The molecule has 1 atom stereocenters. The number of oxime groups is 1. The van der Waals surface area contributed by atoms with Crippen molar-refractivity contribution in [3.05, 3.63) is 59.7 Å². The highest BCUT2D eigenvalue weighted by Crippen LogP contribution is 2.34. The summed E-state index contributed by atoms with van der Waals surface area (Å²) in [5, 5.41) is 11.4. The van der Waals surface area contributed by atoms with E-state index in [-0.39, 0.29) is 17.2 Å². The predicted octanol–water partition coefficient (Wildman–Crippen LogP) is 5.73. The predicted molar refractivity (Wildman–Crippen MR) is 86.0 cm³/mol. The average molecular weight is 337 g/mol. The average Bonchev–Trinajstić information content (AvgIpc) is 2.56. The van der Waals surface area contributed by atoms with Crippen molar-refractivity contribution in [2.45, 2.75) is 32.4 Å². The fourth-order valence-electron chi connectivity index (χ4n) is 2.24. The first-order chi connectivity index (χ1) is 11.4. The third-order valence-electron chi connectivity index (χ3n) is 3.78. The molecule has 0 aliphatic heterocycles. The molecule has 6 heteroatoms. The minimum Gasteiger partial charge on any atom is -0.457 e. The molecular weight excluding hydrogens is 319 g/mol. The van der Waals surface area contributed by atoms with E-state index in [2.05, 4.69) is 5.16 Å². The first-order valence-corrected chi connectivity index (χ1v) is 7.53. The summed E-state index contributed by atoms with van der Waals surface area (Å²) in [4.78, 5) is 0. The van der Waals surface area contributed by atoms with Gasteiger partial charge in [0.25, 0.3) is 0 Å².